The van der Waals surface area contributed by atoms with Crippen molar-refractivity contribution in [2.75, 3.05) is 39.4 Å². The lowest BCUT2D eigenvalue weighted by molar-refractivity contribution is -0.140. The fraction of sp³-hybridized carbons (Fsp3) is 0.429. The second-order valence-corrected chi connectivity index (χ2v) is 8.40. The Morgan fingerprint density at radius 2 is 1.69 bits per heavy atom. The van der Waals surface area contributed by atoms with Gasteiger partial charge in [0.05, 0.1) is 24.8 Å². The first-order valence-electron chi connectivity index (χ1n) is 12.4. The summed E-state index contributed by atoms with van der Waals surface area (Å²) in [4.78, 5) is 30.2. The highest BCUT2D eigenvalue weighted by Gasteiger charge is 2.46. The van der Waals surface area contributed by atoms with E-state index in [2.05, 4.69) is 18.7 Å². The fourth-order valence-corrected chi connectivity index (χ4v) is 4.27. The van der Waals surface area contributed by atoms with Gasteiger partial charge in [-0.2, -0.15) is 0 Å². The van der Waals surface area contributed by atoms with Crippen molar-refractivity contribution in [3.63, 3.8) is 0 Å². The number of likely N-dealkylation sites (N-methyl/N-ethyl adjacent to an activating group) is 1. The highest BCUT2D eigenvalue weighted by atomic mass is 16.5. The lowest BCUT2D eigenvalue weighted by atomic mass is 9.95. The Hall–Kier alpha value is -3.32. The number of ether oxygens (including phenoxy) is 2. The molecule has 1 fully saturated rings. The van der Waals surface area contributed by atoms with Crippen LogP contribution in [0.15, 0.2) is 54.1 Å². The number of carbonyl (C=O) groups is 2. The number of Topliss-reactive ketones (excluding diaryl/α,β-unsaturated/α-hetero) is 1. The van der Waals surface area contributed by atoms with Crippen molar-refractivity contribution in [3.05, 3.63) is 65.2 Å². The molecule has 7 nitrogen and oxygen atoms in total. The van der Waals surface area contributed by atoms with Gasteiger partial charge in [-0.1, -0.05) is 32.9 Å². The summed E-state index contributed by atoms with van der Waals surface area (Å²) in [5.74, 6) is -0.142. The van der Waals surface area contributed by atoms with Gasteiger partial charge in [0.1, 0.15) is 17.3 Å². The molecule has 1 saturated heterocycles. The molecule has 2 aromatic carbocycles. The monoisotopic (exact) mass is 480 g/mol. The first kappa shape index (κ1) is 26.3. The molecular formula is C28H36N2O5. The van der Waals surface area contributed by atoms with Gasteiger partial charge in [-0.05, 0) is 68.4 Å². The quantitative estimate of drug-likeness (QED) is 0.271. The van der Waals surface area contributed by atoms with Crippen molar-refractivity contribution < 1.29 is 24.2 Å². The van der Waals surface area contributed by atoms with E-state index in [9.17, 15) is 14.7 Å². The molecule has 0 radical (unpaired) electrons. The Kier molecular flexibility index (Phi) is 9.32. The number of benzene rings is 2. The van der Waals surface area contributed by atoms with E-state index >= 15 is 0 Å². The first-order chi connectivity index (χ1) is 16.9. The molecule has 1 amide bonds. The Balaban J connectivity index is 2.05. The van der Waals surface area contributed by atoms with E-state index in [1.165, 1.54) is 0 Å². The number of aliphatic hydroxyl groups is 1. The summed E-state index contributed by atoms with van der Waals surface area (Å²) < 4.78 is 11.3. The van der Waals surface area contributed by atoms with Crippen LogP contribution in [0, 0.1) is 0 Å². The van der Waals surface area contributed by atoms with Gasteiger partial charge >= 0.3 is 0 Å². The van der Waals surface area contributed by atoms with Crippen molar-refractivity contribution in [1.29, 1.82) is 0 Å². The minimum absolute atomic E-state index is 0.0884. The number of aliphatic hydroxyl groups excluding tert-OH is 1. The SMILES string of the molecule is CCCOc1ccc(/C(O)=C2\C(=O)C(=O)N(CCN(CC)CC)C2c2cccc(OCC)c2)cc1. The van der Waals surface area contributed by atoms with E-state index in [1.807, 2.05) is 38.1 Å². The molecule has 7 heteroatoms. The van der Waals surface area contributed by atoms with Gasteiger partial charge in [0, 0.05) is 18.7 Å². The van der Waals surface area contributed by atoms with E-state index in [4.69, 9.17) is 9.47 Å². The maximum Gasteiger partial charge on any atom is 0.295 e. The number of rotatable bonds is 12. The predicted molar refractivity (Wildman–Crippen MR) is 137 cm³/mol. The third-order valence-corrected chi connectivity index (χ3v) is 6.18. The van der Waals surface area contributed by atoms with Crippen LogP contribution in [0.4, 0.5) is 0 Å². The van der Waals surface area contributed by atoms with Crippen LogP contribution in [-0.2, 0) is 9.59 Å². The number of nitrogens with zero attached hydrogens (tertiary/aromatic N) is 2. The molecule has 0 aromatic heterocycles. The lowest BCUT2D eigenvalue weighted by Gasteiger charge is -2.28. The number of amides is 1. The Labute approximate surface area is 207 Å². The van der Waals surface area contributed by atoms with Crippen LogP contribution in [-0.4, -0.2) is 66.0 Å². The second kappa shape index (κ2) is 12.4. The smallest absolute Gasteiger partial charge is 0.295 e. The van der Waals surface area contributed by atoms with Crippen molar-refractivity contribution >= 4 is 17.4 Å². The standard InChI is InChI=1S/C28H36N2O5/c1-5-18-35-22-14-12-20(13-15-22)26(31)24-25(21-10-9-11-23(19-21)34-8-4)30(28(33)27(24)32)17-16-29(6-2)7-3/h9-15,19,25,31H,5-8,16-18H2,1-4H3/b26-24+. The first-order valence-corrected chi connectivity index (χ1v) is 12.4. The van der Waals surface area contributed by atoms with Crippen molar-refractivity contribution in [1.82, 2.24) is 9.80 Å². The Morgan fingerprint density at radius 3 is 2.31 bits per heavy atom. The molecule has 1 aliphatic heterocycles. The molecule has 0 saturated carbocycles. The van der Waals surface area contributed by atoms with Crippen molar-refractivity contribution in [2.24, 2.45) is 0 Å². The van der Waals surface area contributed by atoms with Gasteiger partial charge in [-0.3, -0.25) is 9.59 Å². The molecule has 3 rings (SSSR count). The summed E-state index contributed by atoms with van der Waals surface area (Å²) in [7, 11) is 0. The number of carbonyl (C=O) groups excluding carboxylic acids is 2. The molecule has 1 heterocycles. The third-order valence-electron chi connectivity index (χ3n) is 6.18. The summed E-state index contributed by atoms with van der Waals surface area (Å²) >= 11 is 0. The molecule has 0 aliphatic carbocycles. The zero-order valence-electron chi connectivity index (χ0n) is 21.1. The van der Waals surface area contributed by atoms with E-state index in [-0.39, 0.29) is 11.3 Å². The zero-order chi connectivity index (χ0) is 25.4. The van der Waals surface area contributed by atoms with Gasteiger partial charge in [0.25, 0.3) is 11.7 Å². The minimum Gasteiger partial charge on any atom is -0.507 e. The van der Waals surface area contributed by atoms with E-state index < -0.39 is 17.7 Å². The maximum atomic E-state index is 13.2. The average Bonchev–Trinajstić information content (AvgIpc) is 3.13. The molecule has 1 N–H and O–H groups in total. The summed E-state index contributed by atoms with van der Waals surface area (Å²) in [5, 5.41) is 11.3. The van der Waals surface area contributed by atoms with Crippen LogP contribution in [0.25, 0.3) is 5.76 Å². The normalized spacial score (nSPS) is 17.3. The van der Waals surface area contributed by atoms with Crippen LogP contribution >= 0.6 is 0 Å². The van der Waals surface area contributed by atoms with Gasteiger partial charge in [0.15, 0.2) is 0 Å². The number of likely N-dealkylation sites (tertiary alicyclic amines) is 1. The molecule has 0 spiro atoms. The second-order valence-electron chi connectivity index (χ2n) is 8.40. The summed E-state index contributed by atoms with van der Waals surface area (Å²) in [5.41, 5.74) is 1.27. The van der Waals surface area contributed by atoms with Gasteiger partial charge in [-0.25, -0.2) is 0 Å². The lowest BCUT2D eigenvalue weighted by Crippen LogP contribution is -2.38. The maximum absolute atomic E-state index is 13.2. The van der Waals surface area contributed by atoms with E-state index in [0.717, 1.165) is 25.1 Å². The number of ketones is 1. The minimum atomic E-state index is -0.706. The van der Waals surface area contributed by atoms with Gasteiger partial charge in [0.2, 0.25) is 0 Å². The van der Waals surface area contributed by atoms with Crippen molar-refractivity contribution in [2.45, 2.75) is 40.2 Å². The Morgan fingerprint density at radius 1 is 0.971 bits per heavy atom. The summed E-state index contributed by atoms with van der Waals surface area (Å²) in [6, 6.07) is 13.6. The number of hydrogen-bond acceptors (Lipinski definition) is 6. The highest BCUT2D eigenvalue weighted by Crippen LogP contribution is 2.40. The summed E-state index contributed by atoms with van der Waals surface area (Å²) in [6.07, 6.45) is 0.888. The van der Waals surface area contributed by atoms with Crippen LogP contribution in [0.5, 0.6) is 11.5 Å². The highest BCUT2D eigenvalue weighted by molar-refractivity contribution is 6.46. The predicted octanol–water partition coefficient (Wildman–Crippen LogP) is 4.64. The largest absolute Gasteiger partial charge is 0.507 e. The van der Waals surface area contributed by atoms with E-state index in [1.54, 1.807) is 29.2 Å². The topological polar surface area (TPSA) is 79.3 Å². The van der Waals surface area contributed by atoms with Crippen LogP contribution in [0.3, 0.4) is 0 Å². The van der Waals surface area contributed by atoms with Crippen LogP contribution in [0.1, 0.15) is 51.3 Å². The molecule has 1 unspecified atom stereocenters. The molecule has 35 heavy (non-hydrogen) atoms. The van der Waals surface area contributed by atoms with Crippen LogP contribution in [0.2, 0.25) is 0 Å². The van der Waals surface area contributed by atoms with Crippen molar-refractivity contribution in [3.8, 4) is 11.5 Å². The van der Waals surface area contributed by atoms with Crippen LogP contribution < -0.4 is 9.47 Å². The van der Waals surface area contributed by atoms with Gasteiger partial charge < -0.3 is 24.4 Å². The molecule has 1 atom stereocenters. The molecule has 188 valence electrons. The summed E-state index contributed by atoms with van der Waals surface area (Å²) in [6.45, 7) is 11.8. The molecule has 1 aliphatic rings. The fourth-order valence-electron chi connectivity index (χ4n) is 4.27. The molecular weight excluding hydrogens is 444 g/mol. The molecule has 2 aromatic rings. The van der Waals surface area contributed by atoms with Gasteiger partial charge in [-0.15, -0.1) is 0 Å². The third kappa shape index (κ3) is 6.03. The average molecular weight is 481 g/mol. The molecule has 0 bridgehead atoms. The zero-order valence-corrected chi connectivity index (χ0v) is 21.1. The Bertz CT molecular complexity index is 1040. The number of hydrogen-bond donors (Lipinski definition) is 1. The van der Waals surface area contributed by atoms with E-state index in [0.29, 0.717) is 43.4 Å².